The summed E-state index contributed by atoms with van der Waals surface area (Å²) in [5.41, 5.74) is 2.61. The molecule has 0 amide bonds. The van der Waals surface area contributed by atoms with E-state index in [-0.39, 0.29) is 0 Å². The highest BCUT2D eigenvalue weighted by Gasteiger charge is 2.29. The van der Waals surface area contributed by atoms with Gasteiger partial charge in [0.15, 0.2) is 0 Å². The summed E-state index contributed by atoms with van der Waals surface area (Å²) in [5, 5.41) is 3.70. The van der Waals surface area contributed by atoms with E-state index >= 15 is 0 Å². The lowest BCUT2D eigenvalue weighted by Gasteiger charge is -2.28. The average molecular weight is 282 g/mol. The summed E-state index contributed by atoms with van der Waals surface area (Å²) in [4.78, 5) is 0. The molecule has 0 spiro atoms. The zero-order valence-electron chi connectivity index (χ0n) is 9.42. The van der Waals surface area contributed by atoms with Crippen LogP contribution < -0.4 is 10.1 Å². The van der Waals surface area contributed by atoms with Crippen LogP contribution in [0, 0.1) is 6.92 Å². The number of nitrogens with one attached hydrogen (secondary N) is 1. The number of hydrogen-bond donors (Lipinski definition) is 1. The molecule has 0 aromatic heterocycles. The second-order valence-electron chi connectivity index (χ2n) is 4.80. The Bertz CT molecular complexity index is 415. The van der Waals surface area contributed by atoms with Gasteiger partial charge in [-0.05, 0) is 47.3 Å². The predicted molar refractivity (Wildman–Crippen MR) is 67.9 cm³/mol. The van der Waals surface area contributed by atoms with Gasteiger partial charge in [0.1, 0.15) is 5.75 Å². The molecule has 3 heteroatoms. The second kappa shape index (κ2) is 4.04. The summed E-state index contributed by atoms with van der Waals surface area (Å²) in [6, 6.07) is 5.60. The minimum absolute atomic E-state index is 0.479. The summed E-state index contributed by atoms with van der Waals surface area (Å²) >= 11 is 3.59. The normalized spacial score (nSPS) is 23.8. The summed E-state index contributed by atoms with van der Waals surface area (Å²) < 4.78 is 6.84. The Kier molecular flexibility index (Phi) is 2.68. The van der Waals surface area contributed by atoms with Gasteiger partial charge in [-0.2, -0.15) is 0 Å². The number of ether oxygens (including phenoxy) is 1. The van der Waals surface area contributed by atoms with Crippen molar-refractivity contribution >= 4 is 15.9 Å². The summed E-state index contributed by atoms with van der Waals surface area (Å²) in [7, 11) is 0. The highest BCUT2D eigenvalue weighted by atomic mass is 79.9. The molecule has 16 heavy (non-hydrogen) atoms. The van der Waals surface area contributed by atoms with Gasteiger partial charge in [-0.25, -0.2) is 0 Å². The number of halogens is 1. The van der Waals surface area contributed by atoms with Gasteiger partial charge < -0.3 is 10.1 Å². The zero-order valence-corrected chi connectivity index (χ0v) is 11.0. The minimum atomic E-state index is 0.479. The topological polar surface area (TPSA) is 21.3 Å². The Balaban J connectivity index is 1.95. The first-order valence-electron chi connectivity index (χ1n) is 5.93. The molecule has 3 rings (SSSR count). The molecule has 1 heterocycles. The van der Waals surface area contributed by atoms with Crippen molar-refractivity contribution in [2.24, 2.45) is 0 Å². The Morgan fingerprint density at radius 3 is 2.88 bits per heavy atom. The van der Waals surface area contributed by atoms with Crippen LogP contribution in [0.4, 0.5) is 0 Å². The fourth-order valence-electron chi connectivity index (χ4n) is 2.31. The van der Waals surface area contributed by atoms with Crippen molar-refractivity contribution < 1.29 is 4.74 Å². The predicted octanol–water partition coefficient (Wildman–Crippen LogP) is 3.33. The van der Waals surface area contributed by atoms with E-state index in [9.17, 15) is 0 Å². The van der Waals surface area contributed by atoms with Gasteiger partial charge in [-0.3, -0.25) is 0 Å². The van der Waals surface area contributed by atoms with Crippen LogP contribution in [0.2, 0.25) is 0 Å². The van der Waals surface area contributed by atoms with Crippen LogP contribution in [-0.2, 0) is 0 Å². The number of benzene rings is 1. The Morgan fingerprint density at radius 1 is 1.31 bits per heavy atom. The maximum atomic E-state index is 5.75. The molecule has 1 aromatic rings. The first-order valence-corrected chi connectivity index (χ1v) is 6.72. The number of fused-ring (bicyclic) bond motifs is 1. The quantitative estimate of drug-likeness (QED) is 0.898. The van der Waals surface area contributed by atoms with Gasteiger partial charge in [0.2, 0.25) is 0 Å². The molecule has 1 aromatic carbocycles. The van der Waals surface area contributed by atoms with E-state index in [4.69, 9.17) is 4.74 Å². The van der Waals surface area contributed by atoms with E-state index in [0.717, 1.165) is 29.3 Å². The monoisotopic (exact) mass is 281 g/mol. The molecule has 1 unspecified atom stereocenters. The fourth-order valence-corrected chi connectivity index (χ4v) is 3.01. The van der Waals surface area contributed by atoms with Crippen LogP contribution in [0.1, 0.15) is 36.4 Å². The summed E-state index contributed by atoms with van der Waals surface area (Å²) in [6.45, 7) is 2.95. The molecular weight excluding hydrogens is 266 g/mol. The van der Waals surface area contributed by atoms with Crippen LogP contribution in [0.5, 0.6) is 5.75 Å². The van der Waals surface area contributed by atoms with Crippen LogP contribution in [0.15, 0.2) is 16.6 Å². The maximum absolute atomic E-state index is 5.75. The van der Waals surface area contributed by atoms with Gasteiger partial charge in [0, 0.05) is 24.1 Å². The molecule has 0 radical (unpaired) electrons. The first kappa shape index (κ1) is 10.6. The summed E-state index contributed by atoms with van der Waals surface area (Å²) in [5.74, 6) is 1.04. The SMILES string of the molecule is Cc1cc(Br)c2c(c1)C(NC1CC1)CCO2. The molecule has 1 atom stereocenters. The van der Waals surface area contributed by atoms with Crippen molar-refractivity contribution in [2.45, 2.75) is 38.3 Å². The van der Waals surface area contributed by atoms with Gasteiger partial charge >= 0.3 is 0 Å². The van der Waals surface area contributed by atoms with E-state index in [2.05, 4.69) is 40.3 Å². The highest BCUT2D eigenvalue weighted by Crippen LogP contribution is 2.40. The molecular formula is C13H16BrNO. The Labute approximate surface area is 105 Å². The number of hydrogen-bond acceptors (Lipinski definition) is 2. The van der Waals surface area contributed by atoms with E-state index in [1.54, 1.807) is 0 Å². The van der Waals surface area contributed by atoms with Crippen molar-refractivity contribution in [1.29, 1.82) is 0 Å². The molecule has 1 aliphatic carbocycles. The smallest absolute Gasteiger partial charge is 0.138 e. The highest BCUT2D eigenvalue weighted by molar-refractivity contribution is 9.10. The van der Waals surface area contributed by atoms with E-state index < -0.39 is 0 Å². The number of aryl methyl sites for hydroxylation is 1. The van der Waals surface area contributed by atoms with Crippen LogP contribution >= 0.6 is 15.9 Å². The lowest BCUT2D eigenvalue weighted by atomic mass is 9.98. The fraction of sp³-hybridized carbons (Fsp3) is 0.538. The molecule has 1 N–H and O–H groups in total. The van der Waals surface area contributed by atoms with E-state index in [1.165, 1.54) is 24.0 Å². The molecule has 1 fully saturated rings. The number of rotatable bonds is 2. The van der Waals surface area contributed by atoms with Crippen LogP contribution in [0.25, 0.3) is 0 Å². The van der Waals surface area contributed by atoms with E-state index in [0.29, 0.717) is 6.04 Å². The van der Waals surface area contributed by atoms with Gasteiger partial charge in [-0.15, -0.1) is 0 Å². The molecule has 2 aliphatic rings. The molecule has 1 aliphatic heterocycles. The molecule has 1 saturated carbocycles. The Morgan fingerprint density at radius 2 is 2.12 bits per heavy atom. The van der Waals surface area contributed by atoms with E-state index in [1.807, 2.05) is 0 Å². The second-order valence-corrected chi connectivity index (χ2v) is 5.65. The third-order valence-electron chi connectivity index (χ3n) is 3.26. The van der Waals surface area contributed by atoms with Gasteiger partial charge in [0.25, 0.3) is 0 Å². The lowest BCUT2D eigenvalue weighted by Crippen LogP contribution is -2.28. The largest absolute Gasteiger partial charge is 0.492 e. The average Bonchev–Trinajstić information content (AvgIpc) is 3.03. The zero-order chi connectivity index (χ0) is 11.1. The first-order chi connectivity index (χ1) is 7.74. The van der Waals surface area contributed by atoms with Crippen molar-refractivity contribution in [3.05, 3.63) is 27.7 Å². The molecule has 2 nitrogen and oxygen atoms in total. The Hall–Kier alpha value is -0.540. The van der Waals surface area contributed by atoms with Crippen molar-refractivity contribution in [3.63, 3.8) is 0 Å². The van der Waals surface area contributed by atoms with Crippen molar-refractivity contribution in [2.75, 3.05) is 6.61 Å². The molecule has 86 valence electrons. The van der Waals surface area contributed by atoms with Gasteiger partial charge in [-0.1, -0.05) is 6.07 Å². The maximum Gasteiger partial charge on any atom is 0.138 e. The van der Waals surface area contributed by atoms with Crippen molar-refractivity contribution in [3.8, 4) is 5.75 Å². The minimum Gasteiger partial charge on any atom is -0.492 e. The standard InChI is InChI=1S/C13H16BrNO/c1-8-6-10-12(15-9-2-3-9)4-5-16-13(10)11(14)7-8/h6-7,9,12,15H,2-5H2,1H3. The van der Waals surface area contributed by atoms with Crippen molar-refractivity contribution in [1.82, 2.24) is 5.32 Å². The molecule has 0 bridgehead atoms. The van der Waals surface area contributed by atoms with Crippen LogP contribution in [0.3, 0.4) is 0 Å². The third kappa shape index (κ3) is 1.98. The molecule has 0 saturated heterocycles. The summed E-state index contributed by atoms with van der Waals surface area (Å²) in [6.07, 6.45) is 3.75. The lowest BCUT2D eigenvalue weighted by molar-refractivity contribution is 0.250. The van der Waals surface area contributed by atoms with Gasteiger partial charge in [0.05, 0.1) is 11.1 Å². The third-order valence-corrected chi connectivity index (χ3v) is 3.85. The van der Waals surface area contributed by atoms with Crippen LogP contribution in [-0.4, -0.2) is 12.6 Å².